The molecule has 3 aromatic carbocycles. The smallest absolute Gasteiger partial charge is 0.212 e. The lowest BCUT2D eigenvalue weighted by molar-refractivity contribution is 0.828. The first-order valence-electron chi connectivity index (χ1n) is 8.81. The van der Waals surface area contributed by atoms with Crippen molar-refractivity contribution < 1.29 is 0 Å². The average Bonchev–Trinajstić information content (AvgIpc) is 2.73. The molecule has 4 nitrogen and oxygen atoms in total. The minimum absolute atomic E-state index is 0. The number of guanidine groups is 1. The van der Waals surface area contributed by atoms with E-state index in [1.807, 2.05) is 48.5 Å². The minimum Gasteiger partial charge on any atom is -0.351 e. The van der Waals surface area contributed by atoms with Gasteiger partial charge in [-0.05, 0) is 23.3 Å². The van der Waals surface area contributed by atoms with Crippen molar-refractivity contribution in [3.8, 4) is 0 Å². The molecule has 7 heteroatoms. The summed E-state index contributed by atoms with van der Waals surface area (Å²) in [5.41, 5.74) is 5.87. The van der Waals surface area contributed by atoms with Gasteiger partial charge in [-0.25, -0.2) is 10.4 Å². The van der Waals surface area contributed by atoms with Gasteiger partial charge in [0, 0.05) is 12.1 Å². The largest absolute Gasteiger partial charge is 0.351 e. The van der Waals surface area contributed by atoms with Gasteiger partial charge in [-0.2, -0.15) is 5.10 Å². The van der Waals surface area contributed by atoms with E-state index in [2.05, 4.69) is 33.0 Å². The molecule has 3 rings (SSSR count). The van der Waals surface area contributed by atoms with E-state index in [9.17, 15) is 0 Å². The Morgan fingerprint density at radius 1 is 0.793 bits per heavy atom. The molecular weight excluding hydrogens is 427 g/mol. The summed E-state index contributed by atoms with van der Waals surface area (Å²) in [6, 6.07) is 25.5. The van der Waals surface area contributed by atoms with E-state index in [1.165, 1.54) is 0 Å². The molecule has 0 bridgehead atoms. The summed E-state index contributed by atoms with van der Waals surface area (Å²) >= 11 is 12.4. The van der Waals surface area contributed by atoms with Crippen LogP contribution in [0.1, 0.15) is 16.7 Å². The van der Waals surface area contributed by atoms with Crippen LogP contribution in [-0.4, -0.2) is 12.2 Å². The summed E-state index contributed by atoms with van der Waals surface area (Å²) in [6.45, 7) is 1.16. The van der Waals surface area contributed by atoms with E-state index in [1.54, 1.807) is 24.4 Å². The quantitative estimate of drug-likeness (QED) is 0.290. The number of hydrogen-bond donors (Lipinski definition) is 2. The Kier molecular flexibility index (Phi) is 9.51. The Balaban J connectivity index is 0.00000300. The Morgan fingerprint density at radius 3 is 2.00 bits per heavy atom. The highest BCUT2D eigenvalue weighted by Crippen LogP contribution is 2.21. The topological polar surface area (TPSA) is 48.8 Å². The Hall–Kier alpha value is -2.53. The minimum atomic E-state index is 0. The molecule has 0 unspecified atom stereocenters. The van der Waals surface area contributed by atoms with Crippen LogP contribution in [0.4, 0.5) is 0 Å². The van der Waals surface area contributed by atoms with Crippen LogP contribution in [0.2, 0.25) is 10.0 Å². The first kappa shape index (κ1) is 22.8. The fraction of sp³-hybridized carbons (Fsp3) is 0.0909. The number of nitrogens with zero attached hydrogens (tertiary/aromatic N) is 2. The summed E-state index contributed by atoms with van der Waals surface area (Å²) in [5.74, 6) is 0.562. The Bertz CT molecular complexity index is 925. The van der Waals surface area contributed by atoms with Crippen LogP contribution >= 0.6 is 35.6 Å². The number of aliphatic imine (C=N–C) groups is 1. The normalized spacial score (nSPS) is 11.2. The van der Waals surface area contributed by atoms with Gasteiger partial charge in [0.15, 0.2) is 0 Å². The van der Waals surface area contributed by atoms with Gasteiger partial charge in [0.05, 0.1) is 22.8 Å². The molecule has 0 aliphatic carbocycles. The van der Waals surface area contributed by atoms with Crippen LogP contribution in [0.3, 0.4) is 0 Å². The van der Waals surface area contributed by atoms with Gasteiger partial charge in [0.2, 0.25) is 5.96 Å². The van der Waals surface area contributed by atoms with Crippen molar-refractivity contribution in [1.29, 1.82) is 0 Å². The molecule has 0 spiro atoms. The monoisotopic (exact) mass is 446 g/mol. The van der Waals surface area contributed by atoms with Crippen molar-refractivity contribution in [3.05, 3.63) is 106 Å². The summed E-state index contributed by atoms with van der Waals surface area (Å²) in [6.07, 6.45) is 1.59. The second kappa shape index (κ2) is 12.1. The number of halogens is 3. The van der Waals surface area contributed by atoms with Gasteiger partial charge in [-0.3, -0.25) is 0 Å². The zero-order valence-corrected chi connectivity index (χ0v) is 17.9. The van der Waals surface area contributed by atoms with Crippen LogP contribution in [-0.2, 0) is 13.1 Å². The molecule has 0 amide bonds. The first-order chi connectivity index (χ1) is 13.7. The maximum absolute atomic E-state index is 6.18. The number of nitrogens with one attached hydrogen (secondary N) is 2. The lowest BCUT2D eigenvalue weighted by Gasteiger charge is -2.10. The zero-order valence-electron chi connectivity index (χ0n) is 15.6. The van der Waals surface area contributed by atoms with Crippen molar-refractivity contribution in [3.63, 3.8) is 0 Å². The Labute approximate surface area is 187 Å². The Morgan fingerprint density at radius 2 is 1.38 bits per heavy atom. The predicted molar refractivity (Wildman–Crippen MR) is 125 cm³/mol. The predicted octanol–water partition coefficient (Wildman–Crippen LogP) is 5.68. The molecule has 0 aliphatic heterocycles. The summed E-state index contributed by atoms with van der Waals surface area (Å²) in [5, 5.41) is 8.61. The van der Waals surface area contributed by atoms with Gasteiger partial charge < -0.3 is 5.32 Å². The van der Waals surface area contributed by atoms with E-state index >= 15 is 0 Å². The highest BCUT2D eigenvalue weighted by atomic mass is 35.5. The second-order valence-electron chi connectivity index (χ2n) is 5.99. The standard InChI is InChI=1S/C22H20Cl2N4.ClH/c23-20-12-7-13-21(24)19(20)16-27-28-22(25-14-17-8-3-1-4-9-17)26-15-18-10-5-2-6-11-18;/h1-13,16H,14-15H2,(H2,25,26,28);1H/b27-16+;. The molecule has 150 valence electrons. The third kappa shape index (κ3) is 7.42. The zero-order chi connectivity index (χ0) is 19.6. The highest BCUT2D eigenvalue weighted by molar-refractivity contribution is 6.38. The number of hydrazone groups is 1. The van der Waals surface area contributed by atoms with Gasteiger partial charge in [-0.1, -0.05) is 89.9 Å². The van der Waals surface area contributed by atoms with Crippen molar-refractivity contribution >= 4 is 47.8 Å². The van der Waals surface area contributed by atoms with Gasteiger partial charge in [0.1, 0.15) is 0 Å². The van der Waals surface area contributed by atoms with E-state index in [0.717, 1.165) is 11.1 Å². The van der Waals surface area contributed by atoms with E-state index in [-0.39, 0.29) is 12.4 Å². The van der Waals surface area contributed by atoms with E-state index in [0.29, 0.717) is 34.7 Å². The van der Waals surface area contributed by atoms with E-state index < -0.39 is 0 Å². The third-order valence-corrected chi connectivity index (χ3v) is 4.59. The molecular formula is C22H21Cl3N4. The molecule has 2 N–H and O–H groups in total. The highest BCUT2D eigenvalue weighted by Gasteiger charge is 2.03. The molecule has 0 heterocycles. The third-order valence-electron chi connectivity index (χ3n) is 3.93. The molecule has 0 aromatic heterocycles. The van der Waals surface area contributed by atoms with Crippen LogP contribution < -0.4 is 10.7 Å². The summed E-state index contributed by atoms with van der Waals surface area (Å²) < 4.78 is 0. The van der Waals surface area contributed by atoms with Crippen molar-refractivity contribution in [2.24, 2.45) is 10.1 Å². The lowest BCUT2D eigenvalue weighted by Crippen LogP contribution is -2.34. The van der Waals surface area contributed by atoms with Crippen LogP contribution in [0.5, 0.6) is 0 Å². The van der Waals surface area contributed by atoms with Gasteiger partial charge >= 0.3 is 0 Å². The summed E-state index contributed by atoms with van der Waals surface area (Å²) in [4.78, 5) is 4.60. The van der Waals surface area contributed by atoms with Crippen LogP contribution in [0.25, 0.3) is 0 Å². The molecule has 0 radical (unpaired) electrons. The maximum Gasteiger partial charge on any atom is 0.212 e. The fourth-order valence-electron chi connectivity index (χ4n) is 2.46. The average molecular weight is 448 g/mol. The number of hydrogen-bond acceptors (Lipinski definition) is 2. The fourth-order valence-corrected chi connectivity index (χ4v) is 2.95. The van der Waals surface area contributed by atoms with Crippen molar-refractivity contribution in [1.82, 2.24) is 10.7 Å². The van der Waals surface area contributed by atoms with Gasteiger partial charge in [-0.15, -0.1) is 12.4 Å². The van der Waals surface area contributed by atoms with Crippen LogP contribution in [0.15, 0.2) is 89.0 Å². The maximum atomic E-state index is 6.18. The SMILES string of the molecule is Cl.Clc1cccc(Cl)c1/C=N/NC(=NCc1ccccc1)NCc1ccccc1. The number of rotatable bonds is 6. The molecule has 0 saturated carbocycles. The molecule has 0 saturated heterocycles. The molecule has 29 heavy (non-hydrogen) atoms. The lowest BCUT2D eigenvalue weighted by atomic mass is 10.2. The molecule has 3 aromatic rings. The van der Waals surface area contributed by atoms with Crippen molar-refractivity contribution in [2.75, 3.05) is 0 Å². The van der Waals surface area contributed by atoms with Crippen molar-refractivity contribution in [2.45, 2.75) is 13.1 Å². The molecule has 0 atom stereocenters. The van der Waals surface area contributed by atoms with Crippen LogP contribution in [0, 0.1) is 0 Å². The number of benzene rings is 3. The molecule has 0 fully saturated rings. The second-order valence-corrected chi connectivity index (χ2v) is 6.81. The summed E-state index contributed by atoms with van der Waals surface area (Å²) in [7, 11) is 0. The first-order valence-corrected chi connectivity index (χ1v) is 9.57. The van der Waals surface area contributed by atoms with E-state index in [4.69, 9.17) is 23.2 Å². The van der Waals surface area contributed by atoms with Gasteiger partial charge in [0.25, 0.3) is 0 Å². The molecule has 0 aliphatic rings.